The van der Waals surface area contributed by atoms with Gasteiger partial charge in [0, 0.05) is 0 Å². The number of halogens is 3. The predicted molar refractivity (Wildman–Crippen MR) is 37.4 cm³/mol. The van der Waals surface area contributed by atoms with E-state index in [4.69, 9.17) is 23.2 Å². The minimum Gasteiger partial charge on any atom is -0.215 e. The second-order valence-corrected chi connectivity index (χ2v) is 2.77. The van der Waals surface area contributed by atoms with Gasteiger partial charge in [-0.15, -0.1) is 0 Å². The second-order valence-electron chi connectivity index (χ2n) is 1.81. The molecular formula is C6H5Cl2F. The summed E-state index contributed by atoms with van der Waals surface area (Å²) in [6.45, 7) is 0. The van der Waals surface area contributed by atoms with Crippen molar-refractivity contribution in [2.75, 3.05) is 0 Å². The Morgan fingerprint density at radius 2 is 2.33 bits per heavy atom. The summed E-state index contributed by atoms with van der Waals surface area (Å²) < 4.78 is 12.7. The molecule has 0 fully saturated rings. The van der Waals surface area contributed by atoms with Gasteiger partial charge < -0.3 is 0 Å². The van der Waals surface area contributed by atoms with Gasteiger partial charge in [0.25, 0.3) is 0 Å². The highest BCUT2D eigenvalue weighted by Gasteiger charge is 2.28. The first-order chi connectivity index (χ1) is 4.13. The van der Waals surface area contributed by atoms with Crippen LogP contribution in [0, 0.1) is 0 Å². The highest BCUT2D eigenvalue weighted by Crippen LogP contribution is 2.34. The topological polar surface area (TPSA) is 0 Å². The number of hydrogen-bond donors (Lipinski definition) is 0. The van der Waals surface area contributed by atoms with Crippen molar-refractivity contribution in [3.63, 3.8) is 0 Å². The summed E-state index contributed by atoms with van der Waals surface area (Å²) in [5.74, 6) is 0. The molecule has 0 nitrogen and oxygen atoms in total. The Bertz CT molecular complexity index is 170. The van der Waals surface area contributed by atoms with Crippen molar-refractivity contribution in [2.24, 2.45) is 0 Å². The predicted octanol–water partition coefficient (Wildman–Crippen LogP) is 2.97. The summed E-state index contributed by atoms with van der Waals surface area (Å²) >= 11 is 10.7. The summed E-state index contributed by atoms with van der Waals surface area (Å²) in [5.41, 5.74) is 0. The van der Waals surface area contributed by atoms with Crippen LogP contribution in [-0.2, 0) is 0 Å². The van der Waals surface area contributed by atoms with Crippen molar-refractivity contribution in [1.82, 2.24) is 0 Å². The summed E-state index contributed by atoms with van der Waals surface area (Å²) in [5, 5.41) is -1.88. The molecular weight excluding hydrogens is 162 g/mol. The lowest BCUT2D eigenvalue weighted by Gasteiger charge is -2.14. The second kappa shape index (κ2) is 2.31. The molecule has 50 valence electrons. The van der Waals surface area contributed by atoms with E-state index in [1.165, 1.54) is 6.08 Å². The number of rotatable bonds is 0. The molecule has 0 aromatic heterocycles. The third-order valence-electron chi connectivity index (χ3n) is 1.08. The SMILES string of the molecule is FC1(Cl)C=CCC=C1Cl. The third kappa shape index (κ3) is 1.46. The van der Waals surface area contributed by atoms with E-state index in [9.17, 15) is 4.39 Å². The van der Waals surface area contributed by atoms with Crippen LogP contribution in [-0.4, -0.2) is 5.13 Å². The van der Waals surface area contributed by atoms with E-state index in [1.54, 1.807) is 12.2 Å². The largest absolute Gasteiger partial charge is 0.237 e. The maximum absolute atomic E-state index is 12.7. The maximum Gasteiger partial charge on any atom is 0.237 e. The Kier molecular flexibility index (Phi) is 1.83. The zero-order valence-corrected chi connectivity index (χ0v) is 6.08. The fourth-order valence-electron chi connectivity index (χ4n) is 0.603. The molecule has 0 N–H and O–H groups in total. The first kappa shape index (κ1) is 7.10. The fourth-order valence-corrected chi connectivity index (χ4v) is 0.922. The van der Waals surface area contributed by atoms with Crippen LogP contribution in [0.1, 0.15) is 6.42 Å². The van der Waals surface area contributed by atoms with Gasteiger partial charge in [0.1, 0.15) is 0 Å². The van der Waals surface area contributed by atoms with Crippen LogP contribution in [0.25, 0.3) is 0 Å². The van der Waals surface area contributed by atoms with Gasteiger partial charge in [-0.3, -0.25) is 0 Å². The van der Waals surface area contributed by atoms with Crippen LogP contribution < -0.4 is 0 Å². The van der Waals surface area contributed by atoms with Gasteiger partial charge in [-0.2, -0.15) is 0 Å². The van der Waals surface area contributed by atoms with Crippen LogP contribution in [0.2, 0.25) is 0 Å². The van der Waals surface area contributed by atoms with Gasteiger partial charge in [-0.1, -0.05) is 35.4 Å². The van der Waals surface area contributed by atoms with Crippen LogP contribution in [0.4, 0.5) is 4.39 Å². The normalized spacial score (nSPS) is 34.3. The Balaban J connectivity index is 2.83. The first-order valence-electron chi connectivity index (χ1n) is 2.54. The zero-order chi connectivity index (χ0) is 6.91. The van der Waals surface area contributed by atoms with E-state index < -0.39 is 5.13 Å². The van der Waals surface area contributed by atoms with Crippen molar-refractivity contribution in [2.45, 2.75) is 11.5 Å². The molecule has 0 saturated carbocycles. The van der Waals surface area contributed by atoms with Crippen molar-refractivity contribution in [1.29, 1.82) is 0 Å². The summed E-state index contributed by atoms with van der Waals surface area (Å²) in [4.78, 5) is 0. The smallest absolute Gasteiger partial charge is 0.215 e. The Labute approximate surface area is 63.0 Å². The molecule has 0 aromatic rings. The zero-order valence-electron chi connectivity index (χ0n) is 4.57. The average Bonchev–Trinajstić information content (AvgIpc) is 1.77. The maximum atomic E-state index is 12.7. The van der Waals surface area contributed by atoms with Gasteiger partial charge in [0.2, 0.25) is 5.13 Å². The molecule has 1 rings (SSSR count). The molecule has 0 aliphatic heterocycles. The lowest BCUT2D eigenvalue weighted by molar-refractivity contribution is 0.406. The highest BCUT2D eigenvalue weighted by atomic mass is 35.5. The van der Waals surface area contributed by atoms with Crippen LogP contribution in [0.5, 0.6) is 0 Å². The molecule has 0 spiro atoms. The Morgan fingerprint density at radius 1 is 1.67 bits per heavy atom. The minimum absolute atomic E-state index is 0.0617. The van der Waals surface area contributed by atoms with Crippen molar-refractivity contribution in [3.05, 3.63) is 23.3 Å². The van der Waals surface area contributed by atoms with E-state index in [-0.39, 0.29) is 5.03 Å². The number of alkyl halides is 2. The number of hydrogen-bond acceptors (Lipinski definition) is 0. The molecule has 9 heavy (non-hydrogen) atoms. The van der Waals surface area contributed by atoms with Crippen molar-refractivity contribution in [3.8, 4) is 0 Å². The molecule has 0 heterocycles. The summed E-state index contributed by atoms with van der Waals surface area (Å²) in [7, 11) is 0. The lowest BCUT2D eigenvalue weighted by atomic mass is 10.2. The molecule has 0 radical (unpaired) electrons. The fraction of sp³-hybridized carbons (Fsp3) is 0.333. The molecule has 1 aliphatic rings. The Morgan fingerprint density at radius 3 is 2.67 bits per heavy atom. The van der Waals surface area contributed by atoms with E-state index in [2.05, 4.69) is 0 Å². The van der Waals surface area contributed by atoms with Gasteiger partial charge in [-0.05, 0) is 12.5 Å². The molecule has 1 atom stereocenters. The van der Waals surface area contributed by atoms with Gasteiger partial charge >= 0.3 is 0 Å². The van der Waals surface area contributed by atoms with E-state index in [0.29, 0.717) is 6.42 Å². The monoisotopic (exact) mass is 166 g/mol. The van der Waals surface area contributed by atoms with Crippen molar-refractivity contribution < 1.29 is 4.39 Å². The standard InChI is InChI=1S/C6H5Cl2F/c7-5-3-1-2-4-6(5,8)9/h2-4H,1H2. The number of allylic oxidation sites excluding steroid dienone is 4. The third-order valence-corrected chi connectivity index (χ3v) is 1.93. The summed E-state index contributed by atoms with van der Waals surface area (Å²) in [6, 6.07) is 0. The average molecular weight is 167 g/mol. The van der Waals surface area contributed by atoms with Crippen LogP contribution in [0.15, 0.2) is 23.3 Å². The lowest BCUT2D eigenvalue weighted by Crippen LogP contribution is -2.12. The summed E-state index contributed by atoms with van der Waals surface area (Å²) in [6.07, 6.45) is 5.10. The van der Waals surface area contributed by atoms with Gasteiger partial charge in [0.05, 0.1) is 5.03 Å². The molecule has 3 heteroatoms. The van der Waals surface area contributed by atoms with Gasteiger partial charge in [0.15, 0.2) is 0 Å². The molecule has 0 amide bonds. The van der Waals surface area contributed by atoms with Crippen LogP contribution in [0.3, 0.4) is 0 Å². The molecule has 0 aromatic carbocycles. The minimum atomic E-state index is -1.94. The van der Waals surface area contributed by atoms with E-state index >= 15 is 0 Å². The van der Waals surface area contributed by atoms with Gasteiger partial charge in [-0.25, -0.2) is 4.39 Å². The van der Waals surface area contributed by atoms with Crippen LogP contribution >= 0.6 is 23.2 Å². The highest BCUT2D eigenvalue weighted by molar-refractivity contribution is 6.39. The molecule has 1 unspecified atom stereocenters. The van der Waals surface area contributed by atoms with E-state index in [0.717, 1.165) is 0 Å². The quantitative estimate of drug-likeness (QED) is 0.384. The van der Waals surface area contributed by atoms with E-state index in [1.807, 2.05) is 0 Å². The first-order valence-corrected chi connectivity index (χ1v) is 3.30. The molecule has 0 bridgehead atoms. The molecule has 0 saturated heterocycles. The molecule has 1 aliphatic carbocycles. The Hall–Kier alpha value is -0.0100. The van der Waals surface area contributed by atoms with Crippen molar-refractivity contribution >= 4 is 23.2 Å².